The smallest absolute Gasteiger partial charge is 0.169 e. The molecule has 0 aromatic heterocycles. The van der Waals surface area contributed by atoms with Crippen LogP contribution >= 0.6 is 0 Å². The minimum atomic E-state index is -3.49. The highest BCUT2D eigenvalue weighted by molar-refractivity contribution is 6.01. The van der Waals surface area contributed by atoms with Gasteiger partial charge >= 0.3 is 0 Å². The number of aromatic hydroxyl groups is 4. The lowest BCUT2D eigenvalue weighted by molar-refractivity contribution is -0.201. The fourth-order valence-electron chi connectivity index (χ4n) is 11.7. The zero-order valence-electron chi connectivity index (χ0n) is 56.9. The fraction of sp³-hybridized carbons (Fsp3) is 0.616. The minimum Gasteiger partial charge on any atom is -0.507 e. The highest BCUT2D eigenvalue weighted by Crippen LogP contribution is 2.50. The van der Waals surface area contributed by atoms with E-state index in [-0.39, 0.29) is 45.3 Å². The van der Waals surface area contributed by atoms with Crippen LogP contribution in [0.2, 0.25) is 0 Å². The summed E-state index contributed by atoms with van der Waals surface area (Å²) in [5.41, 5.74) is -4.28. The number of phenols is 4. The van der Waals surface area contributed by atoms with E-state index >= 15 is 19.2 Å². The first-order valence-corrected chi connectivity index (χ1v) is 30.3. The van der Waals surface area contributed by atoms with Gasteiger partial charge < -0.3 is 40.9 Å². The molecule has 0 saturated carbocycles. The number of phenolic OH excluding ortho intramolecular Hbond substituents is 4. The zero-order valence-corrected chi connectivity index (χ0v) is 56.9. The van der Waals surface area contributed by atoms with E-state index in [4.69, 9.17) is 0 Å². The molecule has 12 heteroatoms. The van der Waals surface area contributed by atoms with Gasteiger partial charge in [0.05, 0.1) is 0 Å². The molecular weight excluding hydrogens is 1070 g/mol. The van der Waals surface area contributed by atoms with Gasteiger partial charge in [-0.25, -0.2) is 0 Å². The summed E-state index contributed by atoms with van der Waals surface area (Å²) in [7, 11) is 0. The van der Waals surface area contributed by atoms with Crippen molar-refractivity contribution < 1.29 is 60.0 Å². The van der Waals surface area contributed by atoms with E-state index in [2.05, 4.69) is 0 Å². The number of Topliss-reactive ketones (excluding diaryl/α,β-unsaturated/α-hetero) is 4. The number of hydrogen-bond donors (Lipinski definition) is 8. The van der Waals surface area contributed by atoms with Crippen LogP contribution in [-0.4, -0.2) is 88.4 Å². The third-order valence-electron chi connectivity index (χ3n) is 17.7. The van der Waals surface area contributed by atoms with Gasteiger partial charge in [-0.3, -0.25) is 19.2 Å². The lowest BCUT2D eigenvalue weighted by Crippen LogP contribution is -2.69. The van der Waals surface area contributed by atoms with Gasteiger partial charge in [0.1, 0.15) is 52.8 Å². The standard InChI is InChI=1S/C73H108O12/c1-37(41-29-45(65(5,6)7)57(78)46(30-41)66(8,9)10)53(74)61(82)73(62(83)54(75)38(2)42-31-47(67(11,12)13)58(79)48(32-42)68(14,15)16,63(84)55(76)39(3)43-33-49(69(17,18)19)59(80)50(34-43)70(20,21)22)64(85)56(77)40(4)44-35-51(71(23,24)25)60(81)52(36-44)72(26,27)28/h29-40,61-64,78-85H,1-28H3. The lowest BCUT2D eigenvalue weighted by Gasteiger charge is -2.47. The van der Waals surface area contributed by atoms with Crippen molar-refractivity contribution in [2.75, 3.05) is 0 Å². The molecule has 0 aliphatic rings. The van der Waals surface area contributed by atoms with Crippen molar-refractivity contribution in [3.05, 3.63) is 115 Å². The number of hydrogen-bond acceptors (Lipinski definition) is 12. The first-order chi connectivity index (χ1) is 37.9. The molecule has 0 amide bonds. The first-order valence-electron chi connectivity index (χ1n) is 30.3. The first kappa shape index (κ1) is 72.1. The average Bonchev–Trinajstić information content (AvgIpc) is 1.40. The Balaban J connectivity index is 2.31. The molecule has 0 spiro atoms. The summed E-state index contributed by atoms with van der Waals surface area (Å²) in [4.78, 5) is 63.9. The van der Waals surface area contributed by atoms with Crippen LogP contribution in [0.5, 0.6) is 23.0 Å². The summed E-state index contributed by atoms with van der Waals surface area (Å²) in [6, 6.07) is 13.0. The Kier molecular flexibility index (Phi) is 20.3. The van der Waals surface area contributed by atoms with Crippen LogP contribution < -0.4 is 0 Å². The summed E-state index contributed by atoms with van der Waals surface area (Å²) in [5.74, 6) is -10.4. The molecule has 472 valence electrons. The van der Waals surface area contributed by atoms with E-state index in [1.165, 1.54) is 27.7 Å². The second-order valence-electron chi connectivity index (χ2n) is 33.0. The van der Waals surface area contributed by atoms with Crippen molar-refractivity contribution >= 4 is 23.1 Å². The van der Waals surface area contributed by atoms with Crippen LogP contribution in [0.25, 0.3) is 0 Å². The molecule has 12 nitrogen and oxygen atoms in total. The van der Waals surface area contributed by atoms with Gasteiger partial charge in [0.2, 0.25) is 0 Å². The molecule has 85 heavy (non-hydrogen) atoms. The van der Waals surface area contributed by atoms with Gasteiger partial charge in [-0.1, -0.05) is 242 Å². The molecule has 0 aliphatic carbocycles. The molecule has 0 radical (unpaired) electrons. The highest BCUT2D eigenvalue weighted by Gasteiger charge is 2.65. The number of rotatable bonds is 16. The summed E-state index contributed by atoms with van der Waals surface area (Å²) in [5, 5.41) is 102. The normalized spacial score (nSPS) is 17.0. The van der Waals surface area contributed by atoms with Gasteiger partial charge in [-0.2, -0.15) is 0 Å². The molecule has 4 aromatic rings. The van der Waals surface area contributed by atoms with Gasteiger partial charge in [0.25, 0.3) is 0 Å². The van der Waals surface area contributed by atoms with E-state index in [1.807, 2.05) is 166 Å². The van der Waals surface area contributed by atoms with E-state index in [1.54, 1.807) is 48.5 Å². The molecule has 0 aliphatic heterocycles. The van der Waals surface area contributed by atoms with E-state index in [9.17, 15) is 40.9 Å². The number of benzene rings is 4. The van der Waals surface area contributed by atoms with Crippen LogP contribution in [-0.2, 0) is 62.5 Å². The molecule has 8 unspecified atom stereocenters. The van der Waals surface area contributed by atoms with Gasteiger partial charge in [0.15, 0.2) is 23.1 Å². The highest BCUT2D eigenvalue weighted by atomic mass is 16.3. The molecule has 0 fully saturated rings. The molecule has 0 bridgehead atoms. The minimum absolute atomic E-state index is 0.00582. The molecule has 8 N–H and O–H groups in total. The van der Waals surface area contributed by atoms with Crippen LogP contribution in [0, 0.1) is 5.41 Å². The van der Waals surface area contributed by atoms with E-state index < -0.39 is 120 Å². The monoisotopic (exact) mass is 1180 g/mol. The second-order valence-corrected chi connectivity index (χ2v) is 33.0. The Morgan fingerprint density at radius 3 is 0.459 bits per heavy atom. The third kappa shape index (κ3) is 14.5. The maximum atomic E-state index is 16.0. The largest absolute Gasteiger partial charge is 0.507 e. The number of carbonyl (C=O) groups is 4. The van der Waals surface area contributed by atoms with Crippen molar-refractivity contribution in [1.82, 2.24) is 0 Å². The summed E-state index contributed by atoms with van der Waals surface area (Å²) < 4.78 is 0. The van der Waals surface area contributed by atoms with Crippen molar-refractivity contribution in [2.24, 2.45) is 5.41 Å². The maximum absolute atomic E-state index is 16.0. The quantitative estimate of drug-likeness (QED) is 0.0524. The number of aliphatic hydroxyl groups is 4. The molecule has 8 atom stereocenters. The Bertz CT molecular complexity index is 2600. The second kappa shape index (κ2) is 23.9. The number of aliphatic hydroxyl groups excluding tert-OH is 4. The molecular formula is C73H108O12. The van der Waals surface area contributed by atoms with Crippen LogP contribution in [0.1, 0.15) is 284 Å². The van der Waals surface area contributed by atoms with Crippen molar-refractivity contribution in [1.29, 1.82) is 0 Å². The summed E-state index contributed by atoms with van der Waals surface area (Å²) in [6.07, 6.45) is -11.5. The zero-order chi connectivity index (χ0) is 66.3. The van der Waals surface area contributed by atoms with Crippen LogP contribution in [0.15, 0.2) is 48.5 Å². The summed E-state index contributed by atoms with van der Waals surface area (Å²) in [6.45, 7) is 51.1. The van der Waals surface area contributed by atoms with Crippen molar-refractivity contribution in [2.45, 2.75) is 285 Å². The van der Waals surface area contributed by atoms with Crippen LogP contribution in [0.3, 0.4) is 0 Å². The molecule has 0 heterocycles. The van der Waals surface area contributed by atoms with Crippen molar-refractivity contribution in [3.63, 3.8) is 0 Å². The predicted octanol–water partition coefficient (Wildman–Crippen LogP) is 14.1. The third-order valence-corrected chi connectivity index (χ3v) is 17.7. The predicted molar refractivity (Wildman–Crippen MR) is 342 cm³/mol. The number of carbonyl (C=O) groups excluding carboxylic acids is 4. The van der Waals surface area contributed by atoms with Gasteiger partial charge in [-0.05, 0) is 110 Å². The molecule has 0 saturated heterocycles. The van der Waals surface area contributed by atoms with Crippen molar-refractivity contribution in [3.8, 4) is 23.0 Å². The van der Waals surface area contributed by atoms with Gasteiger partial charge in [-0.15, -0.1) is 0 Å². The Labute approximate surface area is 509 Å². The van der Waals surface area contributed by atoms with Gasteiger partial charge in [0, 0.05) is 23.7 Å². The van der Waals surface area contributed by atoms with E-state index in [0.29, 0.717) is 44.5 Å². The Hall–Kier alpha value is -5.40. The molecule has 4 rings (SSSR count). The summed E-state index contributed by atoms with van der Waals surface area (Å²) >= 11 is 0. The fourth-order valence-corrected chi connectivity index (χ4v) is 11.7. The Morgan fingerprint density at radius 1 is 0.259 bits per heavy atom. The Morgan fingerprint density at radius 2 is 0.365 bits per heavy atom. The number of ketones is 4. The average molecular weight is 1180 g/mol. The lowest BCUT2D eigenvalue weighted by atomic mass is 9.59. The maximum Gasteiger partial charge on any atom is 0.169 e. The van der Waals surface area contributed by atoms with E-state index in [0.717, 1.165) is 0 Å². The topological polar surface area (TPSA) is 230 Å². The van der Waals surface area contributed by atoms with Crippen LogP contribution in [0.4, 0.5) is 0 Å². The SMILES string of the molecule is CC(C(=O)C(O)C(C(O)C(=O)C(C)c1cc(C(C)(C)C)c(O)c(C(C)(C)C)c1)(C(O)C(=O)C(C)c1cc(C(C)(C)C)c(O)c(C(C)(C)C)c1)C(O)C(=O)C(C)c1cc(C(C)(C)C)c(O)c(C(C)(C)C)c1)c1cc(C(C)(C)C)c(O)c(C(C)(C)C)c1. The molecule has 4 aromatic carbocycles.